The molecule has 0 saturated carbocycles. The first-order valence-corrected chi connectivity index (χ1v) is 7.39. The van der Waals surface area contributed by atoms with Crippen LogP contribution >= 0.6 is 15.9 Å². The summed E-state index contributed by atoms with van der Waals surface area (Å²) in [6.07, 6.45) is 2.41. The Balaban J connectivity index is 2.33. The van der Waals surface area contributed by atoms with E-state index in [9.17, 15) is 4.79 Å². The highest BCUT2D eigenvalue weighted by Crippen LogP contribution is 2.32. The number of aromatic nitrogens is 1. The largest absolute Gasteiger partial charge is 0.360 e. The number of Topliss-reactive ketones (excluding diaryl/α,β-unsaturated/α-hetero) is 1. The van der Waals surface area contributed by atoms with E-state index in [1.54, 1.807) is 0 Å². The van der Waals surface area contributed by atoms with Gasteiger partial charge in [-0.05, 0) is 23.5 Å². The van der Waals surface area contributed by atoms with Crippen LogP contribution in [0.4, 0.5) is 0 Å². The molecular weight excluding hydrogens is 302 g/mol. The number of hydrogen-bond acceptors (Lipinski definition) is 1. The number of ketones is 1. The molecule has 0 spiro atoms. The van der Waals surface area contributed by atoms with E-state index in [1.807, 2.05) is 24.4 Å². The molecule has 1 aromatic carbocycles. The van der Waals surface area contributed by atoms with Crippen molar-refractivity contribution in [2.45, 2.75) is 34.1 Å². The van der Waals surface area contributed by atoms with E-state index in [1.165, 1.54) is 0 Å². The fraction of sp³-hybridized carbons (Fsp3) is 0.438. The maximum Gasteiger partial charge on any atom is 0.165 e. The lowest BCUT2D eigenvalue weighted by Crippen LogP contribution is -2.20. The average Bonchev–Trinajstić information content (AvgIpc) is 2.72. The van der Waals surface area contributed by atoms with Crippen LogP contribution in [0.1, 0.15) is 44.5 Å². The zero-order valence-corrected chi connectivity index (χ0v) is 13.5. The van der Waals surface area contributed by atoms with Crippen molar-refractivity contribution in [1.29, 1.82) is 0 Å². The van der Waals surface area contributed by atoms with Gasteiger partial charge in [0.2, 0.25) is 0 Å². The predicted octanol–water partition coefficient (Wildman–Crippen LogP) is 5.19. The summed E-state index contributed by atoms with van der Waals surface area (Å²) in [7, 11) is 0. The molecule has 1 N–H and O–H groups in total. The van der Waals surface area contributed by atoms with Crippen LogP contribution in [0.25, 0.3) is 10.9 Å². The van der Waals surface area contributed by atoms with E-state index in [4.69, 9.17) is 0 Å². The van der Waals surface area contributed by atoms with Gasteiger partial charge in [0.05, 0.1) is 0 Å². The Bertz CT molecular complexity index is 607. The van der Waals surface area contributed by atoms with Crippen molar-refractivity contribution in [2.75, 3.05) is 0 Å². The molecule has 0 fully saturated rings. The van der Waals surface area contributed by atoms with E-state index in [0.29, 0.717) is 12.3 Å². The minimum atomic E-state index is 0.152. The highest BCUT2D eigenvalue weighted by atomic mass is 79.9. The number of hydrogen-bond donors (Lipinski definition) is 1. The molecule has 102 valence electrons. The van der Waals surface area contributed by atoms with Crippen molar-refractivity contribution in [3.05, 3.63) is 34.4 Å². The van der Waals surface area contributed by atoms with Gasteiger partial charge in [-0.25, -0.2) is 0 Å². The molecule has 2 nitrogen and oxygen atoms in total. The van der Waals surface area contributed by atoms with Crippen LogP contribution in [-0.2, 0) is 0 Å². The van der Waals surface area contributed by atoms with Crippen LogP contribution in [-0.4, -0.2) is 10.8 Å². The predicted molar refractivity (Wildman–Crippen MR) is 83.6 cm³/mol. The van der Waals surface area contributed by atoms with Gasteiger partial charge in [0.15, 0.2) is 5.78 Å². The number of rotatable bonds is 3. The molecule has 1 heterocycles. The smallest absolute Gasteiger partial charge is 0.165 e. The van der Waals surface area contributed by atoms with Gasteiger partial charge in [-0.2, -0.15) is 0 Å². The van der Waals surface area contributed by atoms with Crippen molar-refractivity contribution in [1.82, 2.24) is 4.98 Å². The maximum absolute atomic E-state index is 12.5. The van der Waals surface area contributed by atoms with Gasteiger partial charge in [-0.15, -0.1) is 0 Å². The number of fused-ring (bicyclic) bond motifs is 1. The number of halogens is 1. The number of aromatic amines is 1. The summed E-state index contributed by atoms with van der Waals surface area (Å²) in [6.45, 7) is 8.67. The first-order valence-electron chi connectivity index (χ1n) is 6.59. The molecule has 0 aliphatic heterocycles. The average molecular weight is 322 g/mol. The van der Waals surface area contributed by atoms with Gasteiger partial charge in [-0.1, -0.05) is 49.7 Å². The van der Waals surface area contributed by atoms with E-state index in [2.05, 4.69) is 48.6 Å². The standard InChI is InChI=1S/C16H20BrNO/c1-10(16(2,3)4)8-14(19)11-9-18-13-7-5-6-12(17)15(11)13/h5-7,9-10,18H,8H2,1-4H3. The maximum atomic E-state index is 12.5. The highest BCUT2D eigenvalue weighted by molar-refractivity contribution is 9.10. The van der Waals surface area contributed by atoms with Crippen LogP contribution in [0, 0.1) is 11.3 Å². The molecule has 2 rings (SSSR count). The second kappa shape index (κ2) is 5.12. The number of nitrogens with one attached hydrogen (secondary N) is 1. The minimum absolute atomic E-state index is 0.152. The fourth-order valence-corrected chi connectivity index (χ4v) is 2.63. The zero-order chi connectivity index (χ0) is 14.2. The molecule has 0 bridgehead atoms. The summed E-state index contributed by atoms with van der Waals surface area (Å²) in [5.74, 6) is 0.563. The van der Waals surface area contributed by atoms with Gasteiger partial charge in [0, 0.05) is 33.6 Å². The summed E-state index contributed by atoms with van der Waals surface area (Å²) in [4.78, 5) is 15.7. The topological polar surface area (TPSA) is 32.9 Å². The second-order valence-electron chi connectivity index (χ2n) is 6.26. The highest BCUT2D eigenvalue weighted by Gasteiger charge is 2.24. The second-order valence-corrected chi connectivity index (χ2v) is 7.11. The number of carbonyl (C=O) groups is 1. The lowest BCUT2D eigenvalue weighted by Gasteiger charge is -2.26. The molecule has 2 aromatic rings. The summed E-state index contributed by atoms with van der Waals surface area (Å²) in [5.41, 5.74) is 1.94. The third kappa shape index (κ3) is 2.92. The monoisotopic (exact) mass is 321 g/mol. The summed E-state index contributed by atoms with van der Waals surface area (Å²) < 4.78 is 0.970. The molecule has 0 aliphatic carbocycles. The molecule has 1 atom stereocenters. The van der Waals surface area contributed by atoms with Crippen LogP contribution in [0.2, 0.25) is 0 Å². The molecule has 0 aliphatic rings. The van der Waals surface area contributed by atoms with E-state index >= 15 is 0 Å². The van der Waals surface area contributed by atoms with Gasteiger partial charge < -0.3 is 4.98 Å². The van der Waals surface area contributed by atoms with Crippen molar-refractivity contribution in [2.24, 2.45) is 11.3 Å². The Labute approximate surface area is 122 Å². The fourth-order valence-electron chi connectivity index (χ4n) is 2.05. The van der Waals surface area contributed by atoms with Crippen molar-refractivity contribution in [3.63, 3.8) is 0 Å². The zero-order valence-electron chi connectivity index (χ0n) is 11.9. The summed E-state index contributed by atoms with van der Waals surface area (Å²) >= 11 is 3.53. The van der Waals surface area contributed by atoms with Crippen LogP contribution in [0.3, 0.4) is 0 Å². The molecule has 0 amide bonds. The molecular formula is C16H20BrNO. The molecule has 0 saturated heterocycles. The Morgan fingerprint density at radius 1 is 1.37 bits per heavy atom. The molecule has 3 heteroatoms. The van der Waals surface area contributed by atoms with Crippen LogP contribution < -0.4 is 0 Å². The third-order valence-corrected chi connectivity index (χ3v) is 4.59. The lowest BCUT2D eigenvalue weighted by atomic mass is 9.78. The quantitative estimate of drug-likeness (QED) is 0.776. The first kappa shape index (κ1) is 14.3. The third-order valence-electron chi connectivity index (χ3n) is 3.93. The van der Waals surface area contributed by atoms with Crippen molar-refractivity contribution in [3.8, 4) is 0 Å². The van der Waals surface area contributed by atoms with Gasteiger partial charge in [0.1, 0.15) is 0 Å². The van der Waals surface area contributed by atoms with E-state index in [-0.39, 0.29) is 11.2 Å². The minimum Gasteiger partial charge on any atom is -0.360 e. The molecule has 19 heavy (non-hydrogen) atoms. The van der Waals surface area contributed by atoms with Gasteiger partial charge in [0.25, 0.3) is 0 Å². The Kier molecular flexibility index (Phi) is 3.86. The van der Waals surface area contributed by atoms with E-state index < -0.39 is 0 Å². The van der Waals surface area contributed by atoms with Gasteiger partial charge in [-0.3, -0.25) is 4.79 Å². The van der Waals surface area contributed by atoms with Crippen LogP contribution in [0.5, 0.6) is 0 Å². The van der Waals surface area contributed by atoms with Crippen molar-refractivity contribution < 1.29 is 4.79 Å². The Hall–Kier alpha value is -1.09. The van der Waals surface area contributed by atoms with Crippen molar-refractivity contribution >= 4 is 32.6 Å². The Morgan fingerprint density at radius 2 is 2.05 bits per heavy atom. The lowest BCUT2D eigenvalue weighted by molar-refractivity contribution is 0.0929. The number of H-pyrrole nitrogens is 1. The molecule has 0 radical (unpaired) electrons. The first-order chi connectivity index (χ1) is 8.80. The SMILES string of the molecule is CC(CC(=O)c1c[nH]c2cccc(Br)c12)C(C)(C)C. The van der Waals surface area contributed by atoms with Crippen LogP contribution in [0.15, 0.2) is 28.9 Å². The number of carbonyl (C=O) groups excluding carboxylic acids is 1. The summed E-state index contributed by atoms with van der Waals surface area (Å²) in [6, 6.07) is 5.93. The van der Waals surface area contributed by atoms with E-state index in [0.717, 1.165) is 20.9 Å². The normalized spacial score (nSPS) is 13.7. The summed E-state index contributed by atoms with van der Waals surface area (Å²) in [5, 5.41) is 0.994. The number of benzene rings is 1. The molecule has 1 unspecified atom stereocenters. The molecule has 1 aromatic heterocycles. The Morgan fingerprint density at radius 3 is 2.68 bits per heavy atom. The van der Waals surface area contributed by atoms with Gasteiger partial charge >= 0.3 is 0 Å².